The minimum Gasteiger partial charge on any atom is -0.481 e. The molecule has 0 aromatic rings. The number of carboxylic acids is 1. The number of hydrogen-bond acceptors (Lipinski definition) is 1. The van der Waals surface area contributed by atoms with Crippen molar-refractivity contribution in [3.05, 3.63) is 22.8 Å². The second kappa shape index (κ2) is 3.02. The molecule has 0 aromatic carbocycles. The van der Waals surface area contributed by atoms with E-state index >= 15 is 0 Å². The van der Waals surface area contributed by atoms with Crippen LogP contribution in [0.25, 0.3) is 0 Å². The van der Waals surface area contributed by atoms with Crippen LogP contribution in [0.2, 0.25) is 0 Å². The third-order valence-corrected chi connectivity index (χ3v) is 2.95. The zero-order valence-corrected chi connectivity index (χ0v) is 7.84. The lowest BCUT2D eigenvalue weighted by Gasteiger charge is -2.20. The molecular weight excluding hydrogens is 164 g/mol. The molecule has 0 saturated carbocycles. The van der Waals surface area contributed by atoms with Gasteiger partial charge < -0.3 is 5.11 Å². The minimum atomic E-state index is -0.654. The molecule has 1 atom stereocenters. The zero-order chi connectivity index (χ0) is 9.42. The first-order valence-electron chi connectivity index (χ1n) is 4.80. The van der Waals surface area contributed by atoms with Crippen molar-refractivity contribution in [2.24, 2.45) is 5.92 Å². The molecule has 1 unspecified atom stereocenters. The molecule has 0 heterocycles. The molecule has 0 aromatic heterocycles. The predicted octanol–water partition coefficient (Wildman–Crippen LogP) is 2.52. The van der Waals surface area contributed by atoms with Crippen LogP contribution in [-0.4, -0.2) is 11.1 Å². The maximum absolute atomic E-state index is 10.9. The molecule has 0 fully saturated rings. The summed E-state index contributed by atoms with van der Waals surface area (Å²) in [6.07, 6.45) is 6.05. The summed E-state index contributed by atoms with van der Waals surface area (Å²) >= 11 is 0. The van der Waals surface area contributed by atoms with E-state index in [2.05, 4.69) is 13.0 Å². The second-order valence-corrected chi connectivity index (χ2v) is 4.01. The lowest BCUT2D eigenvalue weighted by atomic mass is 9.84. The smallest absolute Gasteiger partial charge is 0.310 e. The predicted molar refractivity (Wildman–Crippen MR) is 50.4 cm³/mol. The molecule has 13 heavy (non-hydrogen) atoms. The van der Waals surface area contributed by atoms with Crippen molar-refractivity contribution in [3.63, 3.8) is 0 Å². The van der Waals surface area contributed by atoms with Gasteiger partial charge >= 0.3 is 5.97 Å². The van der Waals surface area contributed by atoms with E-state index < -0.39 is 5.97 Å². The lowest BCUT2D eigenvalue weighted by molar-refractivity contribution is -0.140. The number of aliphatic carboxylic acids is 1. The SMILES string of the molecule is CC1=CC2=C(CCCC2C(=O)O)C1. The van der Waals surface area contributed by atoms with E-state index in [4.69, 9.17) is 5.11 Å². The summed E-state index contributed by atoms with van der Waals surface area (Å²) in [6, 6.07) is 0. The molecule has 0 bridgehead atoms. The Bertz CT molecular complexity index is 310. The van der Waals surface area contributed by atoms with Crippen LogP contribution in [-0.2, 0) is 4.79 Å². The summed E-state index contributed by atoms with van der Waals surface area (Å²) in [5.41, 5.74) is 3.80. The Labute approximate surface area is 78.0 Å². The van der Waals surface area contributed by atoms with Crippen molar-refractivity contribution >= 4 is 5.97 Å². The van der Waals surface area contributed by atoms with E-state index in [0.29, 0.717) is 0 Å². The van der Waals surface area contributed by atoms with Crippen LogP contribution >= 0.6 is 0 Å². The van der Waals surface area contributed by atoms with E-state index in [1.165, 1.54) is 11.1 Å². The molecule has 1 N–H and O–H groups in total. The first-order valence-corrected chi connectivity index (χ1v) is 4.80. The number of allylic oxidation sites excluding steroid dienone is 3. The highest BCUT2D eigenvalue weighted by atomic mass is 16.4. The Morgan fingerprint density at radius 2 is 2.38 bits per heavy atom. The summed E-state index contributed by atoms with van der Waals surface area (Å²) in [6.45, 7) is 2.08. The van der Waals surface area contributed by atoms with Gasteiger partial charge in [0.2, 0.25) is 0 Å². The number of hydrogen-bond donors (Lipinski definition) is 1. The third kappa shape index (κ3) is 1.41. The molecule has 2 aliphatic rings. The fourth-order valence-electron chi connectivity index (χ4n) is 2.37. The monoisotopic (exact) mass is 178 g/mol. The summed E-state index contributed by atoms with van der Waals surface area (Å²) in [5, 5.41) is 9.01. The molecule has 2 heteroatoms. The topological polar surface area (TPSA) is 37.3 Å². The zero-order valence-electron chi connectivity index (χ0n) is 7.84. The fourth-order valence-corrected chi connectivity index (χ4v) is 2.37. The fraction of sp³-hybridized carbons (Fsp3) is 0.545. The first-order chi connectivity index (χ1) is 6.18. The van der Waals surface area contributed by atoms with Gasteiger partial charge in [-0.25, -0.2) is 0 Å². The van der Waals surface area contributed by atoms with Gasteiger partial charge in [-0.3, -0.25) is 4.79 Å². The van der Waals surface area contributed by atoms with Crippen LogP contribution in [0.5, 0.6) is 0 Å². The minimum absolute atomic E-state index is 0.221. The van der Waals surface area contributed by atoms with E-state index in [1.807, 2.05) is 0 Å². The Balaban J connectivity index is 2.31. The molecule has 70 valence electrons. The highest BCUT2D eigenvalue weighted by molar-refractivity contribution is 5.76. The van der Waals surface area contributed by atoms with Gasteiger partial charge in [-0.1, -0.05) is 17.2 Å². The van der Waals surface area contributed by atoms with Gasteiger partial charge in [0.05, 0.1) is 5.92 Å². The second-order valence-electron chi connectivity index (χ2n) is 4.01. The molecule has 2 rings (SSSR count). The average Bonchev–Trinajstić information content (AvgIpc) is 2.43. The van der Waals surface area contributed by atoms with Crippen molar-refractivity contribution in [3.8, 4) is 0 Å². The quantitative estimate of drug-likeness (QED) is 0.669. The van der Waals surface area contributed by atoms with Crippen molar-refractivity contribution in [2.45, 2.75) is 32.6 Å². The van der Waals surface area contributed by atoms with Gasteiger partial charge in [-0.2, -0.15) is 0 Å². The van der Waals surface area contributed by atoms with E-state index in [0.717, 1.165) is 31.3 Å². The summed E-state index contributed by atoms with van der Waals surface area (Å²) < 4.78 is 0. The molecule has 0 saturated heterocycles. The van der Waals surface area contributed by atoms with Crippen molar-refractivity contribution < 1.29 is 9.90 Å². The number of carbonyl (C=O) groups is 1. The highest BCUT2D eigenvalue weighted by Crippen LogP contribution is 2.39. The van der Waals surface area contributed by atoms with Crippen LogP contribution in [0.15, 0.2) is 22.8 Å². The summed E-state index contributed by atoms with van der Waals surface area (Å²) in [5.74, 6) is -0.876. The maximum Gasteiger partial charge on any atom is 0.310 e. The van der Waals surface area contributed by atoms with Crippen LogP contribution in [0.4, 0.5) is 0 Å². The van der Waals surface area contributed by atoms with E-state index in [-0.39, 0.29) is 5.92 Å². The van der Waals surface area contributed by atoms with Gasteiger partial charge in [0.15, 0.2) is 0 Å². The number of rotatable bonds is 1. The average molecular weight is 178 g/mol. The van der Waals surface area contributed by atoms with Crippen molar-refractivity contribution in [2.75, 3.05) is 0 Å². The molecule has 0 radical (unpaired) electrons. The van der Waals surface area contributed by atoms with Gasteiger partial charge in [-0.05, 0) is 38.2 Å². The van der Waals surface area contributed by atoms with E-state index in [1.54, 1.807) is 0 Å². The van der Waals surface area contributed by atoms with Gasteiger partial charge in [0.1, 0.15) is 0 Å². The Morgan fingerprint density at radius 1 is 1.62 bits per heavy atom. The molecular formula is C11H14O2. The molecule has 0 spiro atoms. The van der Waals surface area contributed by atoms with Crippen LogP contribution in [0.3, 0.4) is 0 Å². The Morgan fingerprint density at radius 3 is 3.08 bits per heavy atom. The molecule has 2 nitrogen and oxygen atoms in total. The normalized spacial score (nSPS) is 27.2. The van der Waals surface area contributed by atoms with Crippen LogP contribution < -0.4 is 0 Å². The van der Waals surface area contributed by atoms with Gasteiger partial charge in [0, 0.05) is 0 Å². The van der Waals surface area contributed by atoms with Crippen LogP contribution in [0, 0.1) is 5.92 Å². The van der Waals surface area contributed by atoms with Gasteiger partial charge in [-0.15, -0.1) is 0 Å². The van der Waals surface area contributed by atoms with Crippen molar-refractivity contribution in [1.82, 2.24) is 0 Å². The first kappa shape index (κ1) is 8.54. The van der Waals surface area contributed by atoms with Gasteiger partial charge in [0.25, 0.3) is 0 Å². The number of carboxylic acid groups (broad SMARTS) is 1. The molecule has 0 aliphatic heterocycles. The standard InChI is InChI=1S/C11H14O2/c1-7-5-8-3-2-4-9(11(12)13)10(8)6-7/h6,9H,2-5H2,1H3,(H,12,13). The summed E-state index contributed by atoms with van der Waals surface area (Å²) in [7, 11) is 0. The summed E-state index contributed by atoms with van der Waals surface area (Å²) in [4.78, 5) is 10.9. The Kier molecular flexibility index (Phi) is 1.98. The highest BCUT2D eigenvalue weighted by Gasteiger charge is 2.29. The lowest BCUT2D eigenvalue weighted by Crippen LogP contribution is -2.18. The molecule has 2 aliphatic carbocycles. The van der Waals surface area contributed by atoms with Crippen LogP contribution in [0.1, 0.15) is 32.6 Å². The van der Waals surface area contributed by atoms with E-state index in [9.17, 15) is 4.79 Å². The largest absolute Gasteiger partial charge is 0.481 e. The maximum atomic E-state index is 10.9. The van der Waals surface area contributed by atoms with Crippen molar-refractivity contribution in [1.29, 1.82) is 0 Å². The third-order valence-electron chi connectivity index (χ3n) is 2.95. The Hall–Kier alpha value is -1.05. The molecule has 0 amide bonds.